The minimum Gasteiger partial charge on any atom is -0.872 e. The second kappa shape index (κ2) is 5.40. The lowest BCUT2D eigenvalue weighted by Crippen LogP contribution is -2.01. The summed E-state index contributed by atoms with van der Waals surface area (Å²) in [5.41, 5.74) is 5.31. The predicted molar refractivity (Wildman–Crippen MR) is 88.8 cm³/mol. The molecule has 0 unspecified atom stereocenters. The monoisotopic (exact) mass is 299 g/mol. The van der Waals surface area contributed by atoms with E-state index in [2.05, 4.69) is 0 Å². The molecule has 0 N–H and O–H groups in total. The molecule has 0 atom stereocenters. The summed E-state index contributed by atoms with van der Waals surface area (Å²) in [6, 6.07) is 15.4. The van der Waals surface area contributed by atoms with Crippen LogP contribution in [0.2, 0.25) is 0 Å². The van der Waals surface area contributed by atoms with Gasteiger partial charge in [-0.1, -0.05) is 78.1 Å². The minimum atomic E-state index is 0.0938. The molecule has 0 aromatic heterocycles. The second-order valence-corrected chi connectivity index (χ2v) is 5.90. The van der Waals surface area contributed by atoms with E-state index >= 15 is 0 Å². The Hall–Kier alpha value is -2.87. The van der Waals surface area contributed by atoms with Gasteiger partial charge in [-0.15, -0.1) is 0 Å². The first-order chi connectivity index (χ1) is 11.2. The summed E-state index contributed by atoms with van der Waals surface area (Å²) in [4.78, 5) is 12.3. The molecule has 23 heavy (non-hydrogen) atoms. The summed E-state index contributed by atoms with van der Waals surface area (Å²) >= 11 is 0. The van der Waals surface area contributed by atoms with Crippen molar-refractivity contribution in [2.24, 2.45) is 0 Å². The summed E-state index contributed by atoms with van der Waals surface area (Å²) in [7, 11) is 0. The number of carbonyl (C=O) groups excluding carboxylic acids is 1. The molecule has 0 fully saturated rings. The lowest BCUT2D eigenvalue weighted by atomic mass is 10.1. The fraction of sp³-hybridized carbons (Fsp3) is 0.0952. The van der Waals surface area contributed by atoms with Gasteiger partial charge in [-0.05, 0) is 23.1 Å². The Morgan fingerprint density at radius 3 is 2.22 bits per heavy atom. The smallest absolute Gasteiger partial charge is 0.189 e. The van der Waals surface area contributed by atoms with Crippen LogP contribution in [0.5, 0.6) is 0 Å². The third-order valence-electron chi connectivity index (χ3n) is 4.46. The van der Waals surface area contributed by atoms with Gasteiger partial charge in [0.2, 0.25) is 0 Å². The Balaban J connectivity index is 1.56. The summed E-state index contributed by atoms with van der Waals surface area (Å²) in [6.07, 6.45) is 6.85. The van der Waals surface area contributed by atoms with E-state index in [4.69, 9.17) is 0 Å². The van der Waals surface area contributed by atoms with Crippen LogP contribution in [0.15, 0.2) is 77.9 Å². The maximum Gasteiger partial charge on any atom is 0.189 e. The van der Waals surface area contributed by atoms with Crippen LogP contribution in [0, 0.1) is 0 Å². The molecule has 2 aromatic carbocycles. The van der Waals surface area contributed by atoms with Crippen molar-refractivity contribution in [2.45, 2.75) is 12.8 Å². The Morgan fingerprint density at radius 2 is 1.52 bits per heavy atom. The molecule has 2 aliphatic carbocycles. The van der Waals surface area contributed by atoms with Crippen molar-refractivity contribution in [3.63, 3.8) is 0 Å². The van der Waals surface area contributed by atoms with Gasteiger partial charge in [0, 0.05) is 17.6 Å². The zero-order chi connectivity index (χ0) is 15.8. The second-order valence-electron chi connectivity index (χ2n) is 5.90. The average molecular weight is 299 g/mol. The van der Waals surface area contributed by atoms with E-state index in [1.54, 1.807) is 0 Å². The number of benzene rings is 2. The molecule has 112 valence electrons. The fourth-order valence-corrected chi connectivity index (χ4v) is 3.26. The van der Waals surface area contributed by atoms with Crippen LogP contribution < -0.4 is 5.11 Å². The zero-order valence-electron chi connectivity index (χ0n) is 12.6. The first kappa shape index (κ1) is 13.8. The van der Waals surface area contributed by atoms with Crippen molar-refractivity contribution in [3.8, 4) is 0 Å². The van der Waals surface area contributed by atoms with Crippen LogP contribution in [-0.2, 0) is 12.8 Å². The van der Waals surface area contributed by atoms with Gasteiger partial charge in [0.25, 0.3) is 0 Å². The Morgan fingerprint density at radius 1 is 0.870 bits per heavy atom. The van der Waals surface area contributed by atoms with Crippen molar-refractivity contribution < 1.29 is 9.90 Å². The number of ketones is 1. The topological polar surface area (TPSA) is 40.1 Å². The quantitative estimate of drug-likeness (QED) is 0.799. The van der Waals surface area contributed by atoms with Crippen molar-refractivity contribution in [1.29, 1.82) is 0 Å². The van der Waals surface area contributed by atoms with Gasteiger partial charge in [-0.2, -0.15) is 0 Å². The number of hydrogen-bond acceptors (Lipinski definition) is 2. The van der Waals surface area contributed by atoms with E-state index in [1.165, 1.54) is 0 Å². The van der Waals surface area contributed by atoms with Gasteiger partial charge < -0.3 is 5.11 Å². The van der Waals surface area contributed by atoms with Crippen LogP contribution in [0.3, 0.4) is 0 Å². The molecule has 0 amide bonds. The molecular formula is C21H15O2-. The molecule has 0 saturated heterocycles. The number of hydrogen-bond donors (Lipinski definition) is 0. The van der Waals surface area contributed by atoms with E-state index in [0.717, 1.165) is 33.4 Å². The summed E-state index contributed by atoms with van der Waals surface area (Å²) in [5, 5.41) is 12.3. The summed E-state index contributed by atoms with van der Waals surface area (Å²) < 4.78 is 0. The lowest BCUT2D eigenvalue weighted by molar-refractivity contribution is -0.244. The first-order valence-corrected chi connectivity index (χ1v) is 7.72. The van der Waals surface area contributed by atoms with Gasteiger partial charge >= 0.3 is 0 Å². The minimum absolute atomic E-state index is 0.0938. The van der Waals surface area contributed by atoms with Crippen molar-refractivity contribution in [1.82, 2.24) is 0 Å². The number of fused-ring (bicyclic) bond motifs is 2. The number of allylic oxidation sites excluding steroid dienone is 5. The largest absolute Gasteiger partial charge is 0.872 e. The maximum atomic E-state index is 12.3. The zero-order valence-corrected chi connectivity index (χ0v) is 12.6. The molecule has 2 aromatic rings. The molecule has 2 aliphatic rings. The highest BCUT2D eigenvalue weighted by Gasteiger charge is 2.23. The van der Waals surface area contributed by atoms with Crippen LogP contribution in [0.25, 0.3) is 5.76 Å². The highest BCUT2D eigenvalue weighted by Crippen LogP contribution is 2.30. The molecule has 0 radical (unpaired) electrons. The van der Waals surface area contributed by atoms with Gasteiger partial charge in [0.1, 0.15) is 0 Å². The van der Waals surface area contributed by atoms with E-state index in [1.807, 2.05) is 66.8 Å². The van der Waals surface area contributed by atoms with Crippen LogP contribution in [0.4, 0.5) is 0 Å². The Labute approximate surface area is 135 Å². The molecule has 4 rings (SSSR count). The average Bonchev–Trinajstić information content (AvgIpc) is 3.07. The van der Waals surface area contributed by atoms with Crippen LogP contribution in [-0.4, -0.2) is 5.78 Å². The van der Waals surface area contributed by atoms with Crippen molar-refractivity contribution >= 4 is 11.5 Å². The Bertz CT molecular complexity index is 898. The van der Waals surface area contributed by atoms with Crippen LogP contribution >= 0.6 is 0 Å². The van der Waals surface area contributed by atoms with E-state index < -0.39 is 0 Å². The Kier molecular flexibility index (Phi) is 3.23. The third-order valence-corrected chi connectivity index (χ3v) is 4.46. The van der Waals surface area contributed by atoms with E-state index in [9.17, 15) is 9.90 Å². The van der Waals surface area contributed by atoms with Crippen molar-refractivity contribution in [2.75, 3.05) is 0 Å². The standard InChI is InChI=1S/C21H16O2/c22-20-16(12-14-6-1-3-10-18(14)20)8-5-9-17-13-15-7-2-4-11-19(15)21(17)23/h1-11,22H,12-13H2/p-1/b8-5+,17-9-. The SMILES string of the molecule is O=C1/C(=C\C=C\C2=C([O-])c3ccccc3C2)Cc2ccccc21. The molecule has 0 saturated carbocycles. The summed E-state index contributed by atoms with van der Waals surface area (Å²) in [6.45, 7) is 0. The molecule has 0 aliphatic heterocycles. The predicted octanol–water partition coefficient (Wildman–Crippen LogP) is 3.24. The molecular weight excluding hydrogens is 284 g/mol. The summed E-state index contributed by atoms with van der Waals surface area (Å²) in [5.74, 6) is 0.188. The number of Topliss-reactive ketones (excluding diaryl/α,β-unsaturated/α-hetero) is 1. The molecule has 0 bridgehead atoms. The number of rotatable bonds is 2. The molecule has 2 heteroatoms. The maximum absolute atomic E-state index is 12.3. The third kappa shape index (κ3) is 2.33. The van der Waals surface area contributed by atoms with Gasteiger partial charge in [-0.3, -0.25) is 4.79 Å². The highest BCUT2D eigenvalue weighted by molar-refractivity contribution is 6.13. The molecule has 0 heterocycles. The molecule has 2 nitrogen and oxygen atoms in total. The highest BCUT2D eigenvalue weighted by atomic mass is 16.3. The van der Waals surface area contributed by atoms with E-state index in [-0.39, 0.29) is 11.5 Å². The van der Waals surface area contributed by atoms with Crippen LogP contribution in [0.1, 0.15) is 27.0 Å². The number of carbonyl (C=O) groups is 1. The molecule has 0 spiro atoms. The van der Waals surface area contributed by atoms with Crippen molar-refractivity contribution in [3.05, 3.63) is 100 Å². The van der Waals surface area contributed by atoms with Gasteiger partial charge in [-0.25, -0.2) is 0 Å². The van der Waals surface area contributed by atoms with E-state index in [0.29, 0.717) is 12.8 Å². The van der Waals surface area contributed by atoms with Gasteiger partial charge in [0.15, 0.2) is 5.78 Å². The lowest BCUT2D eigenvalue weighted by Gasteiger charge is -2.09. The van der Waals surface area contributed by atoms with Gasteiger partial charge in [0.05, 0.1) is 0 Å². The first-order valence-electron chi connectivity index (χ1n) is 7.72. The normalized spacial score (nSPS) is 18.1. The fourth-order valence-electron chi connectivity index (χ4n) is 3.26.